The van der Waals surface area contributed by atoms with Gasteiger partial charge in [0.15, 0.2) is 0 Å². The van der Waals surface area contributed by atoms with Gasteiger partial charge < -0.3 is 4.42 Å². The third-order valence-corrected chi connectivity index (χ3v) is 12.8. The highest BCUT2D eigenvalue weighted by atomic mass is 16.3. The summed E-state index contributed by atoms with van der Waals surface area (Å²) in [4.78, 5) is 0. The molecule has 258 valence electrons. The molecule has 0 fully saturated rings. The van der Waals surface area contributed by atoms with Gasteiger partial charge in [0.25, 0.3) is 0 Å². The van der Waals surface area contributed by atoms with E-state index in [0.717, 1.165) is 27.7 Å². The minimum absolute atomic E-state index is 0.604. The summed E-state index contributed by atoms with van der Waals surface area (Å²) >= 11 is 0. The summed E-state index contributed by atoms with van der Waals surface area (Å²) in [6.07, 6.45) is 0. The summed E-state index contributed by atoms with van der Waals surface area (Å²) in [5.74, 6) is 0. The molecule has 0 bridgehead atoms. The highest BCUT2D eigenvalue weighted by Crippen LogP contribution is 2.68. The molecule has 11 aromatic rings. The monoisotopic (exact) mass is 708 g/mol. The molecular weight excluding hydrogens is 677 g/mol. The van der Waals surface area contributed by atoms with Gasteiger partial charge in [-0.2, -0.15) is 0 Å². The topological polar surface area (TPSA) is 13.1 Å². The Morgan fingerprint density at radius 1 is 0.339 bits per heavy atom. The van der Waals surface area contributed by atoms with Crippen molar-refractivity contribution in [3.05, 3.63) is 216 Å². The number of furan rings is 1. The molecule has 1 atom stereocenters. The van der Waals surface area contributed by atoms with Crippen molar-refractivity contribution >= 4 is 54.3 Å². The maximum atomic E-state index is 6.99. The van der Waals surface area contributed by atoms with E-state index in [0.29, 0.717) is 0 Å². The van der Waals surface area contributed by atoms with Crippen LogP contribution in [-0.4, -0.2) is 0 Å². The molecule has 1 spiro atoms. The summed E-state index contributed by atoms with van der Waals surface area (Å²) in [7, 11) is 0. The lowest BCUT2D eigenvalue weighted by atomic mass is 9.68. The Morgan fingerprint density at radius 3 is 1.86 bits per heavy atom. The lowest BCUT2D eigenvalue weighted by Gasteiger charge is -2.32. The standard InChI is InChI=1S/C55H32O/c1-3-15-33(16-4-1)36-27-29-40-44(31-36)38-21-9-10-22-39(38)50-52-47(32-43(34-17-5-2-6-18-34)54-51(52)42-24-12-14-26-48(42)56-54)55(53(40)50)45-25-13-11-23-41(45)49-37-20-8-7-19-35(37)28-30-46(49)55/h1-32H. The molecule has 0 radical (unpaired) electrons. The van der Waals surface area contributed by atoms with Crippen molar-refractivity contribution in [2.24, 2.45) is 0 Å². The van der Waals surface area contributed by atoms with Crippen LogP contribution < -0.4 is 0 Å². The minimum atomic E-state index is -0.604. The Kier molecular flexibility index (Phi) is 5.89. The molecular formula is C55H32O. The van der Waals surface area contributed by atoms with Crippen LogP contribution in [0.4, 0.5) is 0 Å². The molecule has 0 aliphatic heterocycles. The fourth-order valence-corrected chi connectivity index (χ4v) is 10.7. The predicted molar refractivity (Wildman–Crippen MR) is 233 cm³/mol. The van der Waals surface area contributed by atoms with E-state index in [-0.39, 0.29) is 0 Å². The number of hydrogen-bond acceptors (Lipinski definition) is 1. The Morgan fingerprint density at radius 2 is 1.02 bits per heavy atom. The fourth-order valence-electron chi connectivity index (χ4n) is 10.7. The number of hydrogen-bond donors (Lipinski definition) is 0. The second-order valence-corrected chi connectivity index (χ2v) is 15.4. The number of para-hydroxylation sites is 1. The van der Waals surface area contributed by atoms with Crippen molar-refractivity contribution in [3.8, 4) is 44.5 Å². The first kappa shape index (κ1) is 30.1. The molecule has 10 aromatic carbocycles. The van der Waals surface area contributed by atoms with E-state index >= 15 is 0 Å². The zero-order chi connectivity index (χ0) is 36.5. The SMILES string of the molecule is c1ccc(-c2ccc3c4c(c5ccccc5c3c2)-c2c(cc(-c3ccccc3)c3oc5ccccc5c23)C42c3ccccc3-c3c2ccc2ccccc32)cc1. The first-order valence-corrected chi connectivity index (χ1v) is 19.5. The third-order valence-electron chi connectivity index (χ3n) is 12.8. The van der Waals surface area contributed by atoms with E-state index in [4.69, 9.17) is 4.42 Å². The lowest BCUT2D eigenvalue weighted by molar-refractivity contribution is 0.669. The van der Waals surface area contributed by atoms with E-state index in [1.807, 2.05) is 0 Å². The minimum Gasteiger partial charge on any atom is -0.455 e. The Bertz CT molecular complexity index is 3460. The third kappa shape index (κ3) is 3.70. The van der Waals surface area contributed by atoms with Crippen molar-refractivity contribution in [1.82, 2.24) is 0 Å². The van der Waals surface area contributed by atoms with Gasteiger partial charge in [0.2, 0.25) is 0 Å². The second kappa shape index (κ2) is 10.9. The normalized spacial score (nSPS) is 15.2. The molecule has 0 saturated heterocycles. The number of rotatable bonds is 2. The van der Waals surface area contributed by atoms with Crippen LogP contribution in [-0.2, 0) is 5.41 Å². The number of benzene rings is 10. The van der Waals surface area contributed by atoms with Gasteiger partial charge in [-0.1, -0.05) is 176 Å². The molecule has 0 saturated carbocycles. The lowest BCUT2D eigenvalue weighted by Crippen LogP contribution is -2.26. The van der Waals surface area contributed by atoms with Crippen LogP contribution in [0.3, 0.4) is 0 Å². The van der Waals surface area contributed by atoms with E-state index in [1.165, 1.54) is 93.3 Å². The highest BCUT2D eigenvalue weighted by molar-refractivity contribution is 6.27. The summed E-state index contributed by atoms with van der Waals surface area (Å²) in [5.41, 5.74) is 16.5. The molecule has 1 unspecified atom stereocenters. The van der Waals surface area contributed by atoms with E-state index in [2.05, 4.69) is 194 Å². The van der Waals surface area contributed by atoms with Crippen LogP contribution in [0, 0.1) is 0 Å². The molecule has 1 heteroatoms. The van der Waals surface area contributed by atoms with Crippen LogP contribution in [0.25, 0.3) is 98.8 Å². The molecule has 56 heavy (non-hydrogen) atoms. The van der Waals surface area contributed by atoms with Gasteiger partial charge in [0.05, 0.1) is 5.41 Å². The van der Waals surface area contributed by atoms with Crippen molar-refractivity contribution in [2.45, 2.75) is 5.41 Å². The van der Waals surface area contributed by atoms with Crippen LogP contribution in [0.1, 0.15) is 22.3 Å². The first-order valence-electron chi connectivity index (χ1n) is 19.5. The molecule has 13 rings (SSSR count). The van der Waals surface area contributed by atoms with E-state index in [1.54, 1.807) is 0 Å². The van der Waals surface area contributed by atoms with E-state index in [9.17, 15) is 0 Å². The zero-order valence-electron chi connectivity index (χ0n) is 30.4. The van der Waals surface area contributed by atoms with Gasteiger partial charge in [-0.15, -0.1) is 0 Å². The van der Waals surface area contributed by atoms with Gasteiger partial charge in [-0.05, 0) is 112 Å². The molecule has 1 heterocycles. The summed E-state index contributed by atoms with van der Waals surface area (Å²) in [5, 5.41) is 9.97. The highest BCUT2D eigenvalue weighted by Gasteiger charge is 2.54. The van der Waals surface area contributed by atoms with E-state index < -0.39 is 5.41 Å². The first-order chi connectivity index (χ1) is 27.8. The molecule has 2 aliphatic carbocycles. The molecule has 0 N–H and O–H groups in total. The summed E-state index contributed by atoms with van der Waals surface area (Å²) in [6.45, 7) is 0. The van der Waals surface area contributed by atoms with Gasteiger partial charge in [-0.3, -0.25) is 0 Å². The molecule has 2 aliphatic rings. The van der Waals surface area contributed by atoms with Crippen LogP contribution in [0.15, 0.2) is 199 Å². The van der Waals surface area contributed by atoms with Crippen molar-refractivity contribution in [3.63, 3.8) is 0 Å². The Balaban J connectivity index is 1.32. The van der Waals surface area contributed by atoms with Crippen LogP contribution in [0.5, 0.6) is 0 Å². The van der Waals surface area contributed by atoms with Crippen molar-refractivity contribution in [2.75, 3.05) is 0 Å². The predicted octanol–water partition coefficient (Wildman–Crippen LogP) is 14.7. The zero-order valence-corrected chi connectivity index (χ0v) is 30.4. The van der Waals surface area contributed by atoms with Gasteiger partial charge >= 0.3 is 0 Å². The van der Waals surface area contributed by atoms with Gasteiger partial charge in [-0.25, -0.2) is 0 Å². The Labute approximate surface area is 323 Å². The summed E-state index contributed by atoms with van der Waals surface area (Å²) in [6, 6.07) is 71.9. The average Bonchev–Trinajstić information content (AvgIpc) is 3.91. The smallest absolute Gasteiger partial charge is 0.143 e. The maximum Gasteiger partial charge on any atom is 0.143 e. The van der Waals surface area contributed by atoms with Gasteiger partial charge in [0, 0.05) is 16.3 Å². The van der Waals surface area contributed by atoms with Gasteiger partial charge in [0.1, 0.15) is 11.2 Å². The van der Waals surface area contributed by atoms with Crippen molar-refractivity contribution < 1.29 is 4.42 Å². The second-order valence-electron chi connectivity index (χ2n) is 15.4. The maximum absolute atomic E-state index is 6.99. The largest absolute Gasteiger partial charge is 0.455 e. The van der Waals surface area contributed by atoms with Crippen LogP contribution in [0.2, 0.25) is 0 Å². The van der Waals surface area contributed by atoms with Crippen LogP contribution >= 0.6 is 0 Å². The Hall–Kier alpha value is -7.22. The number of fused-ring (bicyclic) bond motifs is 21. The van der Waals surface area contributed by atoms with Crippen molar-refractivity contribution in [1.29, 1.82) is 0 Å². The average molecular weight is 709 g/mol. The quantitative estimate of drug-likeness (QED) is 0.163. The molecule has 1 nitrogen and oxygen atoms in total. The summed E-state index contributed by atoms with van der Waals surface area (Å²) < 4.78 is 6.99. The fraction of sp³-hybridized carbons (Fsp3) is 0.0182. The molecule has 0 amide bonds. The molecule has 1 aromatic heterocycles.